The minimum atomic E-state index is 0.0847. The van der Waals surface area contributed by atoms with E-state index in [9.17, 15) is 0 Å². The Labute approximate surface area is 147 Å². The van der Waals surface area contributed by atoms with E-state index in [-0.39, 0.29) is 6.10 Å². The Morgan fingerprint density at radius 3 is 2.54 bits per heavy atom. The predicted octanol–water partition coefficient (Wildman–Crippen LogP) is 3.80. The molecule has 0 bridgehead atoms. The molecule has 0 aliphatic carbocycles. The zero-order valence-electron chi connectivity index (χ0n) is 13.9. The summed E-state index contributed by atoms with van der Waals surface area (Å²) in [6.45, 7) is 3.94. The smallest absolute Gasteiger partial charge is 0.191 e. The van der Waals surface area contributed by atoms with Crippen LogP contribution in [0.1, 0.15) is 19.4 Å². The second-order valence-electron chi connectivity index (χ2n) is 5.27. The van der Waals surface area contributed by atoms with Crippen molar-refractivity contribution in [1.29, 1.82) is 0 Å². The van der Waals surface area contributed by atoms with E-state index in [1.807, 2.05) is 62.4 Å². The SMILES string of the molecule is COc1cc(/C=N/NC(=S)Nc2ccccc2)ccc1OC(C)C. The van der Waals surface area contributed by atoms with Gasteiger partial charge < -0.3 is 14.8 Å². The van der Waals surface area contributed by atoms with Gasteiger partial charge in [0.15, 0.2) is 16.6 Å². The molecule has 0 aliphatic rings. The normalized spacial score (nSPS) is 10.7. The van der Waals surface area contributed by atoms with Gasteiger partial charge in [0.1, 0.15) is 0 Å². The molecule has 5 nitrogen and oxygen atoms in total. The van der Waals surface area contributed by atoms with Crippen LogP contribution in [0, 0.1) is 0 Å². The van der Waals surface area contributed by atoms with E-state index in [0.717, 1.165) is 11.3 Å². The van der Waals surface area contributed by atoms with Crippen LogP contribution in [0.2, 0.25) is 0 Å². The number of para-hydroxylation sites is 1. The van der Waals surface area contributed by atoms with Gasteiger partial charge in [-0.1, -0.05) is 18.2 Å². The number of anilines is 1. The van der Waals surface area contributed by atoms with Crippen molar-refractivity contribution in [2.75, 3.05) is 12.4 Å². The van der Waals surface area contributed by atoms with Crippen LogP contribution in [0.5, 0.6) is 11.5 Å². The zero-order chi connectivity index (χ0) is 17.4. The van der Waals surface area contributed by atoms with E-state index in [1.165, 1.54) is 0 Å². The zero-order valence-corrected chi connectivity index (χ0v) is 14.8. The van der Waals surface area contributed by atoms with Crippen molar-refractivity contribution in [3.05, 3.63) is 54.1 Å². The van der Waals surface area contributed by atoms with Crippen LogP contribution >= 0.6 is 12.2 Å². The first-order chi connectivity index (χ1) is 11.6. The average molecular weight is 343 g/mol. The van der Waals surface area contributed by atoms with Gasteiger partial charge in [-0.3, -0.25) is 5.43 Å². The highest BCUT2D eigenvalue weighted by Crippen LogP contribution is 2.28. The Hall–Kier alpha value is -2.60. The number of thiocarbonyl (C=S) groups is 1. The van der Waals surface area contributed by atoms with Crippen LogP contribution in [-0.4, -0.2) is 24.5 Å². The van der Waals surface area contributed by atoms with Crippen molar-refractivity contribution in [2.24, 2.45) is 5.10 Å². The topological polar surface area (TPSA) is 54.9 Å². The first-order valence-corrected chi connectivity index (χ1v) is 7.99. The Morgan fingerprint density at radius 1 is 1.12 bits per heavy atom. The van der Waals surface area contributed by atoms with Gasteiger partial charge in [0.05, 0.1) is 19.4 Å². The van der Waals surface area contributed by atoms with Crippen LogP contribution in [0.3, 0.4) is 0 Å². The van der Waals surface area contributed by atoms with Crippen LogP contribution in [0.25, 0.3) is 0 Å². The van der Waals surface area contributed by atoms with Crippen LogP contribution in [0.4, 0.5) is 5.69 Å². The van der Waals surface area contributed by atoms with E-state index < -0.39 is 0 Å². The van der Waals surface area contributed by atoms with Crippen molar-refractivity contribution in [1.82, 2.24) is 5.43 Å². The molecule has 0 radical (unpaired) electrons. The Morgan fingerprint density at radius 2 is 1.88 bits per heavy atom. The number of nitrogens with one attached hydrogen (secondary N) is 2. The summed E-state index contributed by atoms with van der Waals surface area (Å²) in [7, 11) is 1.61. The van der Waals surface area contributed by atoms with E-state index in [2.05, 4.69) is 15.8 Å². The molecule has 0 atom stereocenters. The molecular formula is C18H21N3O2S. The number of hydrogen-bond donors (Lipinski definition) is 2. The van der Waals surface area contributed by atoms with Gasteiger partial charge in [-0.15, -0.1) is 0 Å². The van der Waals surface area contributed by atoms with Crippen LogP contribution in [-0.2, 0) is 0 Å². The maximum atomic E-state index is 5.68. The Bertz CT molecular complexity index is 703. The van der Waals surface area contributed by atoms with Crippen molar-refractivity contribution >= 4 is 29.2 Å². The van der Waals surface area contributed by atoms with E-state index in [0.29, 0.717) is 16.6 Å². The summed E-state index contributed by atoms with van der Waals surface area (Å²) in [5.41, 5.74) is 4.56. The van der Waals surface area contributed by atoms with E-state index in [1.54, 1.807) is 13.3 Å². The van der Waals surface area contributed by atoms with Gasteiger partial charge >= 0.3 is 0 Å². The molecule has 126 valence electrons. The lowest BCUT2D eigenvalue weighted by Crippen LogP contribution is -2.23. The molecule has 0 aromatic heterocycles. The molecule has 0 fully saturated rings. The summed E-state index contributed by atoms with van der Waals surface area (Å²) in [6, 6.07) is 15.3. The molecule has 2 aromatic rings. The molecule has 0 unspecified atom stereocenters. The molecule has 0 saturated carbocycles. The monoisotopic (exact) mass is 343 g/mol. The molecule has 0 aliphatic heterocycles. The van der Waals surface area contributed by atoms with Gasteiger partial charge in [-0.2, -0.15) is 5.10 Å². The van der Waals surface area contributed by atoms with E-state index >= 15 is 0 Å². The third kappa shape index (κ3) is 5.55. The van der Waals surface area contributed by atoms with E-state index in [4.69, 9.17) is 21.7 Å². The second kappa shape index (κ2) is 8.88. The fraction of sp³-hybridized carbons (Fsp3) is 0.222. The summed E-state index contributed by atoms with van der Waals surface area (Å²) in [5.74, 6) is 1.37. The van der Waals surface area contributed by atoms with Gasteiger partial charge in [0, 0.05) is 5.69 Å². The minimum Gasteiger partial charge on any atom is -0.493 e. The van der Waals surface area contributed by atoms with Crippen molar-refractivity contribution in [3.63, 3.8) is 0 Å². The lowest BCUT2D eigenvalue weighted by Gasteiger charge is -2.13. The molecule has 0 amide bonds. The summed E-state index contributed by atoms with van der Waals surface area (Å²) in [4.78, 5) is 0. The molecule has 6 heteroatoms. The summed E-state index contributed by atoms with van der Waals surface area (Å²) >= 11 is 5.19. The number of nitrogens with zero attached hydrogens (tertiary/aromatic N) is 1. The minimum absolute atomic E-state index is 0.0847. The highest BCUT2D eigenvalue weighted by atomic mass is 32.1. The Kier molecular flexibility index (Phi) is 6.57. The molecule has 24 heavy (non-hydrogen) atoms. The number of ether oxygens (including phenoxy) is 2. The van der Waals surface area contributed by atoms with Gasteiger partial charge in [0.2, 0.25) is 0 Å². The van der Waals surface area contributed by atoms with Crippen LogP contribution in [0.15, 0.2) is 53.6 Å². The molecule has 2 aromatic carbocycles. The third-order valence-electron chi connectivity index (χ3n) is 2.96. The van der Waals surface area contributed by atoms with Gasteiger partial charge in [-0.05, 0) is 62.0 Å². The number of benzene rings is 2. The number of rotatable bonds is 6. The third-order valence-corrected chi connectivity index (χ3v) is 3.16. The molecule has 2 rings (SSSR count). The summed E-state index contributed by atoms with van der Waals surface area (Å²) < 4.78 is 11.0. The standard InChI is InChI=1S/C18H21N3O2S/c1-13(2)23-16-10-9-14(11-17(16)22-3)12-19-21-18(24)20-15-7-5-4-6-8-15/h4-13H,1-3H3,(H2,20,21,24)/b19-12+. The fourth-order valence-electron chi connectivity index (χ4n) is 1.96. The summed E-state index contributed by atoms with van der Waals surface area (Å²) in [5, 5.41) is 7.59. The first-order valence-electron chi connectivity index (χ1n) is 7.58. The predicted molar refractivity (Wildman–Crippen MR) is 102 cm³/mol. The van der Waals surface area contributed by atoms with Crippen molar-refractivity contribution < 1.29 is 9.47 Å². The van der Waals surface area contributed by atoms with Crippen molar-refractivity contribution in [3.8, 4) is 11.5 Å². The number of methoxy groups -OCH3 is 1. The Balaban J connectivity index is 1.95. The fourth-order valence-corrected chi connectivity index (χ4v) is 2.13. The quantitative estimate of drug-likeness (QED) is 0.475. The van der Waals surface area contributed by atoms with Crippen LogP contribution < -0.4 is 20.2 Å². The second-order valence-corrected chi connectivity index (χ2v) is 5.68. The number of hydrazone groups is 1. The molecule has 0 saturated heterocycles. The molecule has 2 N–H and O–H groups in total. The highest BCUT2D eigenvalue weighted by molar-refractivity contribution is 7.80. The maximum absolute atomic E-state index is 5.68. The maximum Gasteiger partial charge on any atom is 0.191 e. The lowest BCUT2D eigenvalue weighted by atomic mass is 10.2. The lowest BCUT2D eigenvalue weighted by molar-refractivity contribution is 0.230. The molecule has 0 heterocycles. The highest BCUT2D eigenvalue weighted by Gasteiger charge is 2.06. The largest absolute Gasteiger partial charge is 0.493 e. The molecule has 0 spiro atoms. The van der Waals surface area contributed by atoms with Gasteiger partial charge in [0.25, 0.3) is 0 Å². The van der Waals surface area contributed by atoms with Gasteiger partial charge in [-0.25, -0.2) is 0 Å². The summed E-state index contributed by atoms with van der Waals surface area (Å²) in [6.07, 6.45) is 1.75. The average Bonchev–Trinajstić information content (AvgIpc) is 2.56. The van der Waals surface area contributed by atoms with Crippen molar-refractivity contribution in [2.45, 2.75) is 20.0 Å². The first kappa shape index (κ1) is 17.7. The number of hydrogen-bond acceptors (Lipinski definition) is 4. The molecular weight excluding hydrogens is 322 g/mol.